The molecule has 2 aromatic carbocycles. The molecule has 0 bridgehead atoms. The Morgan fingerprint density at radius 3 is 2.32 bits per heavy atom. The van der Waals surface area contributed by atoms with Crippen molar-refractivity contribution in [3.63, 3.8) is 0 Å². The molecule has 150 valence electrons. The summed E-state index contributed by atoms with van der Waals surface area (Å²) in [6.07, 6.45) is -0.596. The molecule has 1 heterocycles. The fraction of sp³-hybridized carbons (Fsp3) is 0.286. The highest BCUT2D eigenvalue weighted by molar-refractivity contribution is 5.89. The van der Waals surface area contributed by atoms with Gasteiger partial charge in [0.15, 0.2) is 0 Å². The average molecular weight is 405 g/mol. The molecular weight excluding hydrogens is 380 g/mol. The third-order valence-electron chi connectivity index (χ3n) is 4.24. The molecule has 0 fully saturated rings. The Hall–Kier alpha value is -2.54. The van der Waals surface area contributed by atoms with Crippen LogP contribution in [0.5, 0.6) is 17.2 Å². The number of aliphatic hydroxyl groups is 1. The largest absolute Gasteiger partial charge is 0.497 e. The van der Waals surface area contributed by atoms with Gasteiger partial charge < -0.3 is 24.6 Å². The number of benzene rings is 2. The summed E-state index contributed by atoms with van der Waals surface area (Å²) in [4.78, 5) is 4.76. The van der Waals surface area contributed by atoms with E-state index < -0.39 is 6.10 Å². The minimum Gasteiger partial charge on any atom is -0.497 e. The van der Waals surface area contributed by atoms with Crippen LogP contribution in [0.2, 0.25) is 0 Å². The maximum absolute atomic E-state index is 9.97. The van der Waals surface area contributed by atoms with Crippen LogP contribution in [-0.2, 0) is 0 Å². The molecule has 0 amide bonds. The quantitative estimate of drug-likeness (QED) is 0.600. The van der Waals surface area contributed by atoms with Gasteiger partial charge in [0.1, 0.15) is 30.0 Å². The summed E-state index contributed by atoms with van der Waals surface area (Å²) in [5.41, 5.74) is 2.48. The lowest BCUT2D eigenvalue weighted by Crippen LogP contribution is -2.29. The average Bonchev–Trinajstić information content (AvgIpc) is 2.71. The van der Waals surface area contributed by atoms with E-state index in [0.29, 0.717) is 12.3 Å². The molecule has 6 nitrogen and oxygen atoms in total. The molecule has 0 spiro atoms. The predicted octanol–water partition coefficient (Wildman–Crippen LogP) is 3.30. The number of ether oxygens (including phenoxy) is 3. The van der Waals surface area contributed by atoms with Crippen LogP contribution in [0.15, 0.2) is 48.5 Å². The fourth-order valence-corrected chi connectivity index (χ4v) is 2.81. The van der Waals surface area contributed by atoms with Crippen LogP contribution in [0.1, 0.15) is 0 Å². The second-order valence-corrected chi connectivity index (χ2v) is 6.14. The number of methoxy groups -OCH3 is 2. The Labute approximate surface area is 170 Å². The first-order valence-corrected chi connectivity index (χ1v) is 8.73. The molecule has 3 aromatic rings. The fourth-order valence-electron chi connectivity index (χ4n) is 2.81. The summed E-state index contributed by atoms with van der Waals surface area (Å²) in [6, 6.07) is 15.2. The first kappa shape index (κ1) is 21.8. The number of rotatable bonds is 8. The number of hydrogen-bond acceptors (Lipinski definition) is 6. The summed E-state index contributed by atoms with van der Waals surface area (Å²) in [6.45, 7) is 0.649. The van der Waals surface area contributed by atoms with Crippen molar-refractivity contribution in [2.24, 2.45) is 0 Å². The molecule has 7 heteroatoms. The van der Waals surface area contributed by atoms with Crippen LogP contribution in [0.4, 0.5) is 0 Å². The number of hydrogen-bond donors (Lipinski definition) is 2. The second kappa shape index (κ2) is 10.1. The van der Waals surface area contributed by atoms with Crippen molar-refractivity contribution in [2.75, 3.05) is 34.4 Å². The number of aliphatic hydroxyl groups excluding tert-OH is 1. The van der Waals surface area contributed by atoms with Gasteiger partial charge in [-0.2, -0.15) is 0 Å². The number of likely N-dealkylation sites (N-methyl/N-ethyl adjacent to an activating group) is 1. The van der Waals surface area contributed by atoms with E-state index in [9.17, 15) is 5.11 Å². The van der Waals surface area contributed by atoms with Crippen LogP contribution in [-0.4, -0.2) is 50.6 Å². The zero-order chi connectivity index (χ0) is 19.2. The van der Waals surface area contributed by atoms with Crippen molar-refractivity contribution in [2.45, 2.75) is 6.10 Å². The summed E-state index contributed by atoms with van der Waals surface area (Å²) in [5.74, 6) is 2.18. The normalized spacial score (nSPS) is 11.6. The van der Waals surface area contributed by atoms with Gasteiger partial charge in [-0.3, -0.25) is 0 Å². The van der Waals surface area contributed by atoms with E-state index in [1.165, 1.54) is 0 Å². The molecule has 0 radical (unpaired) electrons. The highest BCUT2D eigenvalue weighted by Crippen LogP contribution is 2.32. The molecular formula is C21H25ClN2O4. The number of aromatic nitrogens is 1. The molecule has 0 aliphatic carbocycles. The summed E-state index contributed by atoms with van der Waals surface area (Å²) in [5, 5.41) is 13.8. The second-order valence-electron chi connectivity index (χ2n) is 6.14. The Bertz CT molecular complexity index is 903. The molecule has 0 aliphatic rings. The van der Waals surface area contributed by atoms with Gasteiger partial charge in [0.05, 0.1) is 25.4 Å². The molecule has 1 aromatic heterocycles. The van der Waals surface area contributed by atoms with Crippen LogP contribution in [0, 0.1) is 0 Å². The minimum atomic E-state index is -0.596. The van der Waals surface area contributed by atoms with E-state index in [1.807, 2.05) is 48.5 Å². The molecule has 0 saturated carbocycles. The Morgan fingerprint density at radius 2 is 1.68 bits per heavy atom. The van der Waals surface area contributed by atoms with Gasteiger partial charge in [-0.05, 0) is 43.4 Å². The van der Waals surface area contributed by atoms with Crippen molar-refractivity contribution in [3.8, 4) is 28.5 Å². The highest BCUT2D eigenvalue weighted by atomic mass is 35.5. The first-order chi connectivity index (χ1) is 13.1. The van der Waals surface area contributed by atoms with E-state index >= 15 is 0 Å². The molecule has 1 atom stereocenters. The van der Waals surface area contributed by atoms with Gasteiger partial charge in [-0.25, -0.2) is 4.98 Å². The monoisotopic (exact) mass is 404 g/mol. The van der Waals surface area contributed by atoms with E-state index in [0.717, 1.165) is 33.7 Å². The first-order valence-electron chi connectivity index (χ1n) is 8.73. The van der Waals surface area contributed by atoms with E-state index in [-0.39, 0.29) is 19.0 Å². The van der Waals surface area contributed by atoms with Crippen LogP contribution in [0.25, 0.3) is 22.2 Å². The number of pyridine rings is 1. The smallest absolute Gasteiger partial charge is 0.131 e. The van der Waals surface area contributed by atoms with Crippen molar-refractivity contribution in [1.29, 1.82) is 0 Å². The van der Waals surface area contributed by atoms with Crippen LogP contribution < -0.4 is 19.5 Å². The highest BCUT2D eigenvalue weighted by Gasteiger charge is 2.12. The van der Waals surface area contributed by atoms with Crippen molar-refractivity contribution < 1.29 is 19.3 Å². The van der Waals surface area contributed by atoms with Crippen LogP contribution in [0.3, 0.4) is 0 Å². The Morgan fingerprint density at radius 1 is 1.00 bits per heavy atom. The zero-order valence-electron chi connectivity index (χ0n) is 16.1. The van der Waals surface area contributed by atoms with Gasteiger partial charge in [-0.15, -0.1) is 12.4 Å². The van der Waals surface area contributed by atoms with Crippen molar-refractivity contribution >= 4 is 23.3 Å². The molecule has 28 heavy (non-hydrogen) atoms. The van der Waals surface area contributed by atoms with Crippen LogP contribution >= 0.6 is 12.4 Å². The van der Waals surface area contributed by atoms with Crippen molar-refractivity contribution in [3.05, 3.63) is 48.5 Å². The lowest BCUT2D eigenvalue weighted by atomic mass is 10.1. The third kappa shape index (κ3) is 5.04. The minimum absolute atomic E-state index is 0. The summed E-state index contributed by atoms with van der Waals surface area (Å²) >= 11 is 0. The molecule has 0 unspecified atom stereocenters. The number of halogens is 1. The SMILES string of the molecule is CNC[C@H](O)COc1cc(-c2ccc(OC)cc2)nc2cc(OC)ccc12.Cl. The lowest BCUT2D eigenvalue weighted by Gasteiger charge is -2.15. The molecule has 3 rings (SSSR count). The number of fused-ring (bicyclic) bond motifs is 1. The standard InChI is InChI=1S/C21H24N2O4.ClH/c1-22-12-15(24)13-27-21-11-19(14-4-6-16(25-2)7-5-14)23-20-10-17(26-3)8-9-18(20)21;/h4-11,15,22,24H,12-13H2,1-3H3;1H/t15-;/m0./s1. The van der Waals surface area contributed by atoms with E-state index in [1.54, 1.807) is 21.3 Å². The number of nitrogens with zero attached hydrogens (tertiary/aromatic N) is 1. The topological polar surface area (TPSA) is 72.8 Å². The Balaban J connectivity index is 0.00000280. The third-order valence-corrected chi connectivity index (χ3v) is 4.24. The number of nitrogens with one attached hydrogen (secondary N) is 1. The lowest BCUT2D eigenvalue weighted by molar-refractivity contribution is 0.109. The molecule has 0 aliphatic heterocycles. The van der Waals surface area contributed by atoms with Gasteiger partial charge in [-0.1, -0.05) is 0 Å². The van der Waals surface area contributed by atoms with E-state index in [4.69, 9.17) is 19.2 Å². The maximum atomic E-state index is 9.97. The van der Waals surface area contributed by atoms with Gasteiger partial charge >= 0.3 is 0 Å². The maximum Gasteiger partial charge on any atom is 0.131 e. The molecule has 2 N–H and O–H groups in total. The van der Waals surface area contributed by atoms with Gasteiger partial charge in [0, 0.05) is 29.6 Å². The molecule has 0 saturated heterocycles. The van der Waals surface area contributed by atoms with E-state index in [2.05, 4.69) is 5.32 Å². The Kier molecular flexibility index (Phi) is 7.87. The zero-order valence-corrected chi connectivity index (χ0v) is 17.0. The van der Waals surface area contributed by atoms with Gasteiger partial charge in [0.25, 0.3) is 0 Å². The predicted molar refractivity (Wildman–Crippen MR) is 113 cm³/mol. The van der Waals surface area contributed by atoms with Crippen molar-refractivity contribution in [1.82, 2.24) is 10.3 Å². The summed E-state index contributed by atoms with van der Waals surface area (Å²) < 4.78 is 16.5. The van der Waals surface area contributed by atoms with Gasteiger partial charge in [0.2, 0.25) is 0 Å². The summed E-state index contributed by atoms with van der Waals surface area (Å²) in [7, 11) is 5.05.